The fraction of sp³-hybridized carbons (Fsp3) is 0.182. The number of Topliss-reactive ketones (excluding diaryl/α,β-unsaturated/α-hetero) is 1. The van der Waals surface area contributed by atoms with Crippen molar-refractivity contribution in [2.45, 2.75) is 54.4 Å². The van der Waals surface area contributed by atoms with Gasteiger partial charge >= 0.3 is 0 Å². The first kappa shape index (κ1) is 36.6. The van der Waals surface area contributed by atoms with E-state index in [4.69, 9.17) is 15.7 Å². The van der Waals surface area contributed by atoms with E-state index in [-0.39, 0.29) is 17.6 Å². The number of rotatable bonds is 12. The molecule has 0 saturated carbocycles. The molecule has 1 amide bonds. The summed E-state index contributed by atoms with van der Waals surface area (Å²) >= 11 is 1.55. The second kappa shape index (κ2) is 15.8. The molecule has 0 spiro atoms. The fourth-order valence-electron chi connectivity index (χ4n) is 6.89. The number of nitrogens with zero attached hydrogens (tertiary/aromatic N) is 4. The van der Waals surface area contributed by atoms with Crippen LogP contribution in [0.3, 0.4) is 0 Å². The lowest BCUT2D eigenvalue weighted by atomic mass is 9.87. The van der Waals surface area contributed by atoms with E-state index in [1.807, 2.05) is 109 Å². The van der Waals surface area contributed by atoms with Crippen molar-refractivity contribution in [2.24, 2.45) is 0 Å². The molecule has 3 aromatic heterocycles. The van der Waals surface area contributed by atoms with Gasteiger partial charge in [0.05, 0.1) is 16.8 Å². The number of carbonyl (C=O) groups excluding carboxylic acids is 2. The number of nitrogens with one attached hydrogen (secondary N) is 4. The number of carbonyl (C=O) groups is 2. The van der Waals surface area contributed by atoms with Gasteiger partial charge in [-0.25, -0.2) is 19.9 Å². The molecule has 280 valence electrons. The second-order valence-corrected chi connectivity index (χ2v) is 15.3. The number of nitrogen functional groups attached to an aromatic ring is 1. The van der Waals surface area contributed by atoms with Gasteiger partial charge in [0.25, 0.3) is 5.91 Å². The zero-order chi connectivity index (χ0) is 38.6. The van der Waals surface area contributed by atoms with Crippen LogP contribution in [0.4, 0.5) is 22.9 Å². The lowest BCUT2D eigenvalue weighted by Gasteiger charge is -2.26. The Kier molecular flexibility index (Phi) is 10.3. The number of fused-ring (bicyclic) bond motifs is 1. The van der Waals surface area contributed by atoms with Gasteiger partial charge < -0.3 is 21.4 Å². The first-order valence-corrected chi connectivity index (χ1v) is 19.4. The molecule has 4 heterocycles. The highest BCUT2D eigenvalue weighted by atomic mass is 32.2. The third-order valence-electron chi connectivity index (χ3n) is 9.97. The van der Waals surface area contributed by atoms with Gasteiger partial charge in [-0.05, 0) is 97.6 Å². The number of hydrogen-bond donors (Lipinski definition) is 5. The zero-order valence-corrected chi connectivity index (χ0v) is 31.9. The Balaban J connectivity index is 1.02. The summed E-state index contributed by atoms with van der Waals surface area (Å²) in [6.07, 6.45) is 5.23. The number of hydrogen-bond acceptors (Lipinski definition) is 10. The second-order valence-electron chi connectivity index (χ2n) is 14.2. The van der Waals surface area contributed by atoms with Gasteiger partial charge in [0, 0.05) is 50.6 Å². The van der Waals surface area contributed by atoms with Crippen LogP contribution in [-0.2, 0) is 16.8 Å². The summed E-state index contributed by atoms with van der Waals surface area (Å²) in [6.45, 7) is 4.94. The minimum absolute atomic E-state index is 0.0954. The molecule has 1 saturated heterocycles. The molecule has 1 fully saturated rings. The van der Waals surface area contributed by atoms with Gasteiger partial charge in [-0.1, -0.05) is 68.1 Å². The molecule has 1 atom stereocenters. The van der Waals surface area contributed by atoms with Crippen LogP contribution in [0.1, 0.15) is 60.0 Å². The number of nitrogens with two attached hydrogens (primary N) is 1. The largest absolute Gasteiger partial charge is 0.399 e. The van der Waals surface area contributed by atoms with E-state index < -0.39 is 5.54 Å². The van der Waals surface area contributed by atoms with Crippen molar-refractivity contribution in [3.05, 3.63) is 144 Å². The van der Waals surface area contributed by atoms with E-state index in [9.17, 15) is 9.59 Å². The smallest absolute Gasteiger partial charge is 0.255 e. The SMILES string of the molecule is CC(C)c1ccc2c(Nc3cc(C(=O)Nc4ccc(-c5c[nH]c(C6(C(=O)Cc7ccccc7)CCCN6)n5)cc4)ccc3Sc3ccc(N)cc3)ncnc2n1. The van der Waals surface area contributed by atoms with E-state index in [1.54, 1.807) is 17.8 Å². The lowest BCUT2D eigenvalue weighted by molar-refractivity contribution is -0.124. The zero-order valence-electron chi connectivity index (χ0n) is 31.0. The third kappa shape index (κ3) is 7.75. The maximum absolute atomic E-state index is 13.7. The Hall–Kier alpha value is -6.37. The first-order chi connectivity index (χ1) is 27.2. The molecule has 0 aliphatic carbocycles. The van der Waals surface area contributed by atoms with Crippen LogP contribution < -0.4 is 21.7 Å². The number of pyridine rings is 1. The minimum Gasteiger partial charge on any atom is -0.399 e. The van der Waals surface area contributed by atoms with Crippen LogP contribution in [0.5, 0.6) is 0 Å². The van der Waals surface area contributed by atoms with Gasteiger partial charge in [-0.15, -0.1) is 0 Å². The van der Waals surface area contributed by atoms with Crippen molar-refractivity contribution in [2.75, 3.05) is 22.9 Å². The number of benzene rings is 4. The van der Waals surface area contributed by atoms with Crippen LogP contribution >= 0.6 is 11.8 Å². The predicted molar refractivity (Wildman–Crippen MR) is 222 cm³/mol. The molecular formula is C44H41N9O2S. The molecular weight excluding hydrogens is 719 g/mol. The highest BCUT2D eigenvalue weighted by Crippen LogP contribution is 2.37. The Bertz CT molecular complexity index is 2510. The van der Waals surface area contributed by atoms with E-state index in [0.29, 0.717) is 52.8 Å². The van der Waals surface area contributed by atoms with Crippen LogP contribution in [0.25, 0.3) is 22.3 Å². The standard InChI is InChI=1S/C44H41N9O2S/c1-27(2)35-19-18-34-40(51-35)47-26-48-41(34)52-36-24-30(11-20-38(36)56-33-16-12-31(45)13-17-33)42(55)50-32-14-9-29(10-15-32)37-25-46-43(53-37)44(21-6-22-49-44)39(54)23-28-7-4-3-5-8-28/h3-5,7-20,24-27,49H,6,21-23,45H2,1-2H3,(H,46,53)(H,50,55)(H,47,48,51,52). The van der Waals surface area contributed by atoms with E-state index in [1.165, 1.54) is 6.33 Å². The molecule has 11 nitrogen and oxygen atoms in total. The van der Waals surface area contributed by atoms with Crippen molar-refractivity contribution < 1.29 is 9.59 Å². The van der Waals surface area contributed by atoms with Gasteiger partial charge in [0.1, 0.15) is 23.5 Å². The topological polar surface area (TPSA) is 164 Å². The summed E-state index contributed by atoms with van der Waals surface area (Å²) < 4.78 is 0. The van der Waals surface area contributed by atoms with Gasteiger partial charge in [0.2, 0.25) is 0 Å². The highest BCUT2D eigenvalue weighted by molar-refractivity contribution is 7.99. The molecule has 56 heavy (non-hydrogen) atoms. The molecule has 1 aliphatic rings. The summed E-state index contributed by atoms with van der Waals surface area (Å²) in [5, 5.41) is 10.7. The van der Waals surface area contributed by atoms with Gasteiger partial charge in [-0.3, -0.25) is 14.9 Å². The normalized spacial score (nSPS) is 15.3. The van der Waals surface area contributed by atoms with E-state index >= 15 is 0 Å². The minimum atomic E-state index is -0.854. The molecule has 0 radical (unpaired) electrons. The Labute approximate surface area is 329 Å². The lowest BCUT2D eigenvalue weighted by Crippen LogP contribution is -2.46. The molecule has 12 heteroatoms. The monoisotopic (exact) mass is 759 g/mol. The Morgan fingerprint density at radius 3 is 2.46 bits per heavy atom. The number of anilines is 4. The summed E-state index contributed by atoms with van der Waals surface area (Å²) in [4.78, 5) is 51.2. The Morgan fingerprint density at radius 2 is 1.71 bits per heavy atom. The average molecular weight is 760 g/mol. The van der Waals surface area contributed by atoms with Crippen LogP contribution in [0, 0.1) is 0 Å². The number of amides is 1. The van der Waals surface area contributed by atoms with Crippen LogP contribution in [0.2, 0.25) is 0 Å². The van der Waals surface area contributed by atoms with Crippen LogP contribution in [-0.4, -0.2) is 43.2 Å². The molecule has 6 N–H and O–H groups in total. The number of aromatic nitrogens is 5. The Morgan fingerprint density at radius 1 is 0.911 bits per heavy atom. The average Bonchev–Trinajstić information content (AvgIpc) is 3.92. The number of imidazole rings is 1. The van der Waals surface area contributed by atoms with Gasteiger partial charge in [0.15, 0.2) is 11.4 Å². The molecule has 4 aromatic carbocycles. The van der Waals surface area contributed by atoms with Gasteiger partial charge in [-0.2, -0.15) is 0 Å². The molecule has 1 aliphatic heterocycles. The third-order valence-corrected chi connectivity index (χ3v) is 11.1. The molecule has 0 bridgehead atoms. The fourth-order valence-corrected chi connectivity index (χ4v) is 7.77. The van der Waals surface area contributed by atoms with Crippen molar-refractivity contribution in [1.29, 1.82) is 0 Å². The van der Waals surface area contributed by atoms with Crippen molar-refractivity contribution in [1.82, 2.24) is 30.2 Å². The maximum atomic E-state index is 13.7. The van der Waals surface area contributed by atoms with Crippen molar-refractivity contribution >= 4 is 57.4 Å². The quantitative estimate of drug-likeness (QED) is 0.0762. The first-order valence-electron chi connectivity index (χ1n) is 18.6. The number of aromatic amines is 1. The van der Waals surface area contributed by atoms with E-state index in [2.05, 4.69) is 44.7 Å². The predicted octanol–water partition coefficient (Wildman–Crippen LogP) is 8.66. The molecule has 7 aromatic rings. The van der Waals surface area contributed by atoms with Crippen LogP contribution in [0.15, 0.2) is 132 Å². The molecule has 1 unspecified atom stereocenters. The van der Waals surface area contributed by atoms with E-state index in [0.717, 1.165) is 50.7 Å². The maximum Gasteiger partial charge on any atom is 0.255 e. The molecule has 8 rings (SSSR count). The number of ketones is 1. The highest BCUT2D eigenvalue weighted by Gasteiger charge is 2.44. The summed E-state index contributed by atoms with van der Waals surface area (Å²) in [5.41, 5.74) is 11.7. The van der Waals surface area contributed by atoms with Crippen molar-refractivity contribution in [3.63, 3.8) is 0 Å². The summed E-state index contributed by atoms with van der Waals surface area (Å²) in [7, 11) is 0. The van der Waals surface area contributed by atoms with Crippen molar-refractivity contribution in [3.8, 4) is 11.3 Å². The summed E-state index contributed by atoms with van der Waals surface area (Å²) in [6, 6.07) is 34.5. The number of H-pyrrole nitrogens is 1. The summed E-state index contributed by atoms with van der Waals surface area (Å²) in [5.74, 6) is 1.29.